The summed E-state index contributed by atoms with van der Waals surface area (Å²) in [6.45, 7) is 3.96. The molecule has 0 saturated carbocycles. The molecule has 100 valence electrons. The number of nitrogens with two attached hydrogens (primary N) is 1. The number of hydrogen-bond donors (Lipinski definition) is 2. The number of anilines is 1. The summed E-state index contributed by atoms with van der Waals surface area (Å²) in [5, 5.41) is 2.73. The second kappa shape index (κ2) is 6.50. The van der Waals surface area contributed by atoms with Gasteiger partial charge in [0.1, 0.15) is 5.82 Å². The topological polar surface area (TPSA) is 55.1 Å². The van der Waals surface area contributed by atoms with Crippen molar-refractivity contribution in [3.05, 3.63) is 27.4 Å². The average Bonchev–Trinajstić information content (AvgIpc) is 2.21. The summed E-state index contributed by atoms with van der Waals surface area (Å²) in [5.74, 6) is -0.493. The zero-order valence-electron chi connectivity index (χ0n) is 10.1. The minimum Gasteiger partial charge on any atom is -0.322 e. The van der Waals surface area contributed by atoms with E-state index in [4.69, 9.17) is 17.3 Å². The van der Waals surface area contributed by atoms with Gasteiger partial charge in [0.2, 0.25) is 5.91 Å². The summed E-state index contributed by atoms with van der Waals surface area (Å²) in [7, 11) is 0. The van der Waals surface area contributed by atoms with Crippen molar-refractivity contribution in [1.82, 2.24) is 0 Å². The molecule has 0 bridgehead atoms. The van der Waals surface area contributed by atoms with E-state index in [2.05, 4.69) is 21.2 Å². The molecule has 0 heterocycles. The zero-order chi connectivity index (χ0) is 13.9. The Morgan fingerprint density at radius 3 is 2.67 bits per heavy atom. The predicted molar refractivity (Wildman–Crippen MR) is 75.2 cm³/mol. The van der Waals surface area contributed by atoms with Gasteiger partial charge in [-0.25, -0.2) is 4.39 Å². The Hall–Kier alpha value is -0.650. The number of rotatable bonds is 4. The maximum atomic E-state index is 13.0. The summed E-state index contributed by atoms with van der Waals surface area (Å²) < 4.78 is 13.4. The number of amides is 1. The highest BCUT2D eigenvalue weighted by molar-refractivity contribution is 9.10. The number of carbonyl (C=O) groups is 1. The lowest BCUT2D eigenvalue weighted by Gasteiger charge is -2.15. The number of hydrogen-bond acceptors (Lipinski definition) is 2. The highest BCUT2D eigenvalue weighted by Crippen LogP contribution is 2.31. The van der Waals surface area contributed by atoms with Crippen LogP contribution in [-0.2, 0) is 4.79 Å². The fraction of sp³-hybridized carbons (Fsp3) is 0.417. The second-order valence-electron chi connectivity index (χ2n) is 4.47. The minimum absolute atomic E-state index is 0.131. The van der Waals surface area contributed by atoms with Gasteiger partial charge in [-0.3, -0.25) is 4.79 Å². The van der Waals surface area contributed by atoms with Gasteiger partial charge in [0.25, 0.3) is 0 Å². The molecule has 0 aliphatic carbocycles. The van der Waals surface area contributed by atoms with Gasteiger partial charge in [0.15, 0.2) is 0 Å². The number of benzene rings is 1. The van der Waals surface area contributed by atoms with Crippen molar-refractivity contribution in [2.45, 2.75) is 26.3 Å². The van der Waals surface area contributed by atoms with Crippen LogP contribution in [0.15, 0.2) is 16.6 Å². The van der Waals surface area contributed by atoms with Gasteiger partial charge in [-0.1, -0.05) is 25.4 Å². The molecule has 1 atom stereocenters. The summed E-state index contributed by atoms with van der Waals surface area (Å²) in [4.78, 5) is 11.8. The lowest BCUT2D eigenvalue weighted by Crippen LogP contribution is -2.36. The van der Waals surface area contributed by atoms with Crippen molar-refractivity contribution in [2.24, 2.45) is 11.7 Å². The number of halogens is 3. The molecule has 0 aliphatic heterocycles. The summed E-state index contributed by atoms with van der Waals surface area (Å²) in [6.07, 6.45) is 0.572. The van der Waals surface area contributed by atoms with Crippen LogP contribution in [0, 0.1) is 11.7 Å². The highest BCUT2D eigenvalue weighted by atomic mass is 79.9. The molecule has 0 saturated heterocycles. The predicted octanol–water partition coefficient (Wildman–Crippen LogP) is 3.55. The number of nitrogens with one attached hydrogen (secondary N) is 1. The quantitative estimate of drug-likeness (QED) is 0.882. The molecule has 0 aromatic heterocycles. The molecule has 1 aromatic carbocycles. The van der Waals surface area contributed by atoms with E-state index in [0.29, 0.717) is 22.5 Å². The molecule has 3 nitrogen and oxygen atoms in total. The molecular formula is C12H15BrClFN2O. The van der Waals surface area contributed by atoms with Crippen LogP contribution < -0.4 is 11.1 Å². The van der Waals surface area contributed by atoms with Crippen LogP contribution in [0.3, 0.4) is 0 Å². The van der Waals surface area contributed by atoms with Gasteiger partial charge in [-0.05, 0) is 40.4 Å². The van der Waals surface area contributed by atoms with Crippen LogP contribution in [0.25, 0.3) is 0 Å². The molecule has 1 aromatic rings. The van der Waals surface area contributed by atoms with Gasteiger partial charge in [-0.2, -0.15) is 0 Å². The molecule has 3 N–H and O–H groups in total. The minimum atomic E-state index is -0.613. The zero-order valence-corrected chi connectivity index (χ0v) is 12.5. The van der Waals surface area contributed by atoms with Gasteiger partial charge >= 0.3 is 0 Å². The van der Waals surface area contributed by atoms with E-state index in [1.807, 2.05) is 13.8 Å². The van der Waals surface area contributed by atoms with E-state index >= 15 is 0 Å². The lowest BCUT2D eigenvalue weighted by atomic mass is 10.0. The van der Waals surface area contributed by atoms with Crippen molar-refractivity contribution in [2.75, 3.05) is 5.32 Å². The largest absolute Gasteiger partial charge is 0.322 e. The Labute approximate surface area is 119 Å². The van der Waals surface area contributed by atoms with Crippen molar-refractivity contribution >= 4 is 39.1 Å². The third-order valence-electron chi connectivity index (χ3n) is 2.32. The maximum absolute atomic E-state index is 13.0. The van der Waals surface area contributed by atoms with Crippen LogP contribution in [-0.4, -0.2) is 11.9 Å². The van der Waals surface area contributed by atoms with Crippen LogP contribution in [0.1, 0.15) is 20.3 Å². The fourth-order valence-electron chi connectivity index (χ4n) is 1.49. The Morgan fingerprint density at radius 2 is 2.17 bits per heavy atom. The molecule has 0 spiro atoms. The van der Waals surface area contributed by atoms with E-state index in [0.717, 1.165) is 6.07 Å². The number of carbonyl (C=O) groups excluding carboxylic acids is 1. The van der Waals surface area contributed by atoms with Crippen molar-refractivity contribution in [3.8, 4) is 0 Å². The Kier molecular flexibility index (Phi) is 5.56. The highest BCUT2D eigenvalue weighted by Gasteiger charge is 2.18. The van der Waals surface area contributed by atoms with Gasteiger partial charge in [0, 0.05) is 4.47 Å². The second-order valence-corrected chi connectivity index (χ2v) is 5.73. The third-order valence-corrected chi connectivity index (χ3v) is 3.24. The van der Waals surface area contributed by atoms with Gasteiger partial charge < -0.3 is 11.1 Å². The van der Waals surface area contributed by atoms with Crippen LogP contribution in [0.4, 0.5) is 10.1 Å². The van der Waals surface area contributed by atoms with Crippen molar-refractivity contribution in [3.63, 3.8) is 0 Å². The molecule has 0 fully saturated rings. The molecule has 1 unspecified atom stereocenters. The van der Waals surface area contributed by atoms with Crippen LogP contribution in [0.5, 0.6) is 0 Å². The Morgan fingerprint density at radius 1 is 1.56 bits per heavy atom. The monoisotopic (exact) mass is 336 g/mol. The molecule has 18 heavy (non-hydrogen) atoms. The summed E-state index contributed by atoms with van der Waals surface area (Å²) >= 11 is 9.01. The fourth-order valence-corrected chi connectivity index (χ4v) is 2.39. The van der Waals surface area contributed by atoms with E-state index in [-0.39, 0.29) is 10.9 Å². The van der Waals surface area contributed by atoms with E-state index < -0.39 is 11.9 Å². The first-order valence-corrected chi connectivity index (χ1v) is 6.69. The average molecular weight is 338 g/mol. The van der Waals surface area contributed by atoms with E-state index in [1.165, 1.54) is 6.07 Å². The molecule has 0 aliphatic rings. The molecule has 0 radical (unpaired) electrons. The molecule has 6 heteroatoms. The Balaban J connectivity index is 2.82. The molecule has 1 rings (SSSR count). The van der Waals surface area contributed by atoms with Gasteiger partial charge in [0.05, 0.1) is 16.8 Å². The first-order valence-electron chi connectivity index (χ1n) is 5.52. The van der Waals surface area contributed by atoms with Crippen LogP contribution in [0.2, 0.25) is 5.02 Å². The van der Waals surface area contributed by atoms with Crippen molar-refractivity contribution < 1.29 is 9.18 Å². The van der Waals surface area contributed by atoms with E-state index in [1.54, 1.807) is 0 Å². The normalized spacial score (nSPS) is 12.6. The Bertz CT molecular complexity index is 431. The first-order chi connectivity index (χ1) is 8.31. The first kappa shape index (κ1) is 15.4. The van der Waals surface area contributed by atoms with E-state index in [9.17, 15) is 9.18 Å². The smallest absolute Gasteiger partial charge is 0.241 e. The summed E-state index contributed by atoms with van der Waals surface area (Å²) in [5.41, 5.74) is 6.09. The standard InChI is InChI=1S/C12H15BrClFN2O/c1-6(2)3-10(16)12(18)17-11-8(13)4-7(15)5-9(11)14/h4-6,10H,3,16H2,1-2H3,(H,17,18). The van der Waals surface area contributed by atoms with Crippen LogP contribution >= 0.6 is 27.5 Å². The molecule has 1 amide bonds. The SMILES string of the molecule is CC(C)CC(N)C(=O)Nc1c(Cl)cc(F)cc1Br. The van der Waals surface area contributed by atoms with Gasteiger partial charge in [-0.15, -0.1) is 0 Å². The lowest BCUT2D eigenvalue weighted by molar-refractivity contribution is -0.117. The third kappa shape index (κ3) is 4.23. The molecular weight excluding hydrogens is 322 g/mol. The summed E-state index contributed by atoms with van der Waals surface area (Å²) in [6, 6.07) is 1.75. The maximum Gasteiger partial charge on any atom is 0.241 e. The van der Waals surface area contributed by atoms with Crippen molar-refractivity contribution in [1.29, 1.82) is 0 Å².